The van der Waals surface area contributed by atoms with Crippen molar-refractivity contribution in [2.45, 2.75) is 38.7 Å². The molecule has 0 aromatic carbocycles. The highest BCUT2D eigenvalue weighted by atomic mass is 19.3. The summed E-state index contributed by atoms with van der Waals surface area (Å²) < 4.78 is 26.8. The quantitative estimate of drug-likeness (QED) is 0.886. The second-order valence-corrected chi connectivity index (χ2v) is 5.14. The summed E-state index contributed by atoms with van der Waals surface area (Å²) in [6, 6.07) is -0.0644. The third-order valence-electron chi connectivity index (χ3n) is 3.81. The molecule has 7 heteroatoms. The van der Waals surface area contributed by atoms with Crippen LogP contribution in [0.1, 0.15) is 44.3 Å². The van der Waals surface area contributed by atoms with E-state index in [1.165, 1.54) is 10.9 Å². The van der Waals surface area contributed by atoms with Crippen molar-refractivity contribution in [1.29, 1.82) is 0 Å². The van der Waals surface area contributed by atoms with Gasteiger partial charge in [-0.2, -0.15) is 5.10 Å². The summed E-state index contributed by atoms with van der Waals surface area (Å²) in [4.78, 5) is 10.9. The topological polar surface area (TPSA) is 81.1 Å². The van der Waals surface area contributed by atoms with Gasteiger partial charge >= 0.3 is 5.97 Å². The van der Waals surface area contributed by atoms with Crippen LogP contribution in [0.25, 0.3) is 0 Å². The first-order valence-corrected chi connectivity index (χ1v) is 6.25. The SMILES string of the molecule is CC1CC(C(=O)O)CCC1n1cc(N)c(C(F)F)n1. The largest absolute Gasteiger partial charge is 0.481 e. The van der Waals surface area contributed by atoms with E-state index in [4.69, 9.17) is 10.8 Å². The molecule has 3 N–H and O–H groups in total. The van der Waals surface area contributed by atoms with E-state index in [-0.39, 0.29) is 23.6 Å². The van der Waals surface area contributed by atoms with E-state index >= 15 is 0 Å². The molecule has 0 aliphatic heterocycles. The van der Waals surface area contributed by atoms with Gasteiger partial charge in [-0.15, -0.1) is 0 Å². The van der Waals surface area contributed by atoms with Crippen LogP contribution in [0.2, 0.25) is 0 Å². The smallest absolute Gasteiger partial charge is 0.306 e. The van der Waals surface area contributed by atoms with Gasteiger partial charge in [-0.05, 0) is 25.2 Å². The van der Waals surface area contributed by atoms with Crippen LogP contribution >= 0.6 is 0 Å². The summed E-state index contributed by atoms with van der Waals surface area (Å²) in [6.07, 6.45) is 0.413. The third kappa shape index (κ3) is 2.69. The number of nitrogens with zero attached hydrogens (tertiary/aromatic N) is 2. The molecule has 1 saturated carbocycles. The first kappa shape index (κ1) is 13.8. The number of hydrogen-bond donors (Lipinski definition) is 2. The van der Waals surface area contributed by atoms with Gasteiger partial charge in [0.15, 0.2) is 5.69 Å². The highest BCUT2D eigenvalue weighted by molar-refractivity contribution is 5.70. The fraction of sp³-hybridized carbons (Fsp3) is 0.667. The Hall–Kier alpha value is -1.66. The minimum absolute atomic E-state index is 0.0115. The van der Waals surface area contributed by atoms with Gasteiger partial charge in [0.1, 0.15) is 0 Å². The van der Waals surface area contributed by atoms with Gasteiger partial charge in [-0.1, -0.05) is 6.92 Å². The van der Waals surface area contributed by atoms with Crippen LogP contribution in [0.5, 0.6) is 0 Å². The van der Waals surface area contributed by atoms with E-state index < -0.39 is 18.1 Å². The molecule has 1 aliphatic carbocycles. The minimum Gasteiger partial charge on any atom is -0.481 e. The number of nitrogens with two attached hydrogens (primary N) is 1. The van der Waals surface area contributed by atoms with Crippen molar-refractivity contribution in [3.63, 3.8) is 0 Å². The fourth-order valence-electron chi connectivity index (χ4n) is 2.76. The number of aliphatic carboxylic acids is 1. The lowest BCUT2D eigenvalue weighted by Crippen LogP contribution is -2.29. The standard InChI is InChI=1S/C12H17F2N3O2/c1-6-4-7(12(18)19)2-3-9(6)17-5-8(15)10(16-17)11(13)14/h5-7,9,11H,2-4,15H2,1H3,(H,18,19). The first-order valence-electron chi connectivity index (χ1n) is 6.25. The molecule has 0 spiro atoms. The van der Waals surface area contributed by atoms with Gasteiger partial charge in [0.05, 0.1) is 17.6 Å². The fourth-order valence-corrected chi connectivity index (χ4v) is 2.76. The molecule has 3 unspecified atom stereocenters. The van der Waals surface area contributed by atoms with Crippen LogP contribution in [0, 0.1) is 11.8 Å². The summed E-state index contributed by atoms with van der Waals surface area (Å²) in [5.74, 6) is -1.08. The van der Waals surface area contributed by atoms with Crippen LogP contribution in [0.4, 0.5) is 14.5 Å². The predicted octanol–water partition coefficient (Wildman–Crippen LogP) is 2.46. The molecule has 0 saturated heterocycles. The normalized spacial score (nSPS) is 27.7. The van der Waals surface area contributed by atoms with Crippen LogP contribution < -0.4 is 5.73 Å². The lowest BCUT2D eigenvalue weighted by Gasteiger charge is -2.32. The van der Waals surface area contributed by atoms with Crippen LogP contribution in [-0.2, 0) is 4.79 Å². The van der Waals surface area contributed by atoms with E-state index in [9.17, 15) is 13.6 Å². The van der Waals surface area contributed by atoms with Gasteiger partial charge in [0.25, 0.3) is 6.43 Å². The van der Waals surface area contributed by atoms with E-state index in [2.05, 4.69) is 5.10 Å². The molecule has 5 nitrogen and oxygen atoms in total. The van der Waals surface area contributed by atoms with Crippen molar-refractivity contribution in [1.82, 2.24) is 9.78 Å². The lowest BCUT2D eigenvalue weighted by atomic mass is 9.79. The van der Waals surface area contributed by atoms with Crippen molar-refractivity contribution in [2.75, 3.05) is 5.73 Å². The van der Waals surface area contributed by atoms with Gasteiger partial charge in [0.2, 0.25) is 0 Å². The molecular weight excluding hydrogens is 256 g/mol. The Labute approximate surface area is 109 Å². The van der Waals surface area contributed by atoms with Gasteiger partial charge in [-0.3, -0.25) is 9.48 Å². The Morgan fingerprint density at radius 2 is 2.26 bits per heavy atom. The predicted molar refractivity (Wildman–Crippen MR) is 64.8 cm³/mol. The van der Waals surface area contributed by atoms with E-state index in [0.717, 1.165) is 0 Å². The molecule has 0 bridgehead atoms. The minimum atomic E-state index is -2.69. The highest BCUT2D eigenvalue weighted by Gasteiger charge is 2.33. The summed E-state index contributed by atoms with van der Waals surface area (Å²) >= 11 is 0. The molecule has 1 fully saturated rings. The second kappa shape index (κ2) is 5.14. The Morgan fingerprint density at radius 1 is 1.58 bits per heavy atom. The van der Waals surface area contributed by atoms with Crippen molar-refractivity contribution < 1.29 is 18.7 Å². The Bertz CT molecular complexity index is 476. The maximum absolute atomic E-state index is 12.6. The van der Waals surface area contributed by atoms with Crippen molar-refractivity contribution >= 4 is 11.7 Å². The number of nitrogen functional groups attached to an aromatic ring is 1. The summed E-state index contributed by atoms with van der Waals surface area (Å²) in [7, 11) is 0. The van der Waals surface area contributed by atoms with E-state index in [1.807, 2.05) is 6.92 Å². The molecule has 19 heavy (non-hydrogen) atoms. The number of carboxylic acids is 1. The number of halogens is 2. The molecule has 0 amide bonds. The maximum Gasteiger partial charge on any atom is 0.306 e. The van der Waals surface area contributed by atoms with Crippen LogP contribution in [-0.4, -0.2) is 20.9 Å². The van der Waals surface area contributed by atoms with Gasteiger partial charge < -0.3 is 10.8 Å². The number of carboxylic acid groups (broad SMARTS) is 1. The Balaban J connectivity index is 2.15. The summed E-state index contributed by atoms with van der Waals surface area (Å²) in [5, 5.41) is 12.8. The zero-order chi connectivity index (χ0) is 14.2. The number of aromatic nitrogens is 2. The third-order valence-corrected chi connectivity index (χ3v) is 3.81. The molecule has 3 atom stereocenters. The van der Waals surface area contributed by atoms with Crippen molar-refractivity contribution in [3.05, 3.63) is 11.9 Å². The first-order chi connectivity index (χ1) is 8.90. The molecular formula is C12H17F2N3O2. The summed E-state index contributed by atoms with van der Waals surface area (Å²) in [6.45, 7) is 1.92. The second-order valence-electron chi connectivity index (χ2n) is 5.14. The average Bonchev–Trinajstić information content (AvgIpc) is 2.71. The van der Waals surface area contributed by atoms with Crippen LogP contribution in [0.3, 0.4) is 0 Å². The zero-order valence-corrected chi connectivity index (χ0v) is 10.6. The number of rotatable bonds is 3. The number of hydrogen-bond acceptors (Lipinski definition) is 3. The molecule has 2 rings (SSSR count). The van der Waals surface area contributed by atoms with Gasteiger partial charge in [-0.25, -0.2) is 8.78 Å². The van der Waals surface area contributed by atoms with Crippen molar-refractivity contribution in [2.24, 2.45) is 11.8 Å². The van der Waals surface area contributed by atoms with Gasteiger partial charge in [0, 0.05) is 6.20 Å². The number of carbonyl (C=O) groups is 1. The summed E-state index contributed by atoms with van der Waals surface area (Å²) in [5.41, 5.74) is 5.11. The molecule has 1 heterocycles. The van der Waals surface area contributed by atoms with Crippen molar-refractivity contribution in [3.8, 4) is 0 Å². The maximum atomic E-state index is 12.6. The molecule has 1 aromatic heterocycles. The lowest BCUT2D eigenvalue weighted by molar-refractivity contribution is -0.143. The molecule has 0 radical (unpaired) electrons. The average molecular weight is 273 g/mol. The zero-order valence-electron chi connectivity index (χ0n) is 10.6. The Kier molecular flexibility index (Phi) is 3.73. The Morgan fingerprint density at radius 3 is 2.74 bits per heavy atom. The van der Waals surface area contributed by atoms with E-state index in [0.29, 0.717) is 19.3 Å². The van der Waals surface area contributed by atoms with E-state index in [1.54, 1.807) is 0 Å². The van der Waals surface area contributed by atoms with Crippen LogP contribution in [0.15, 0.2) is 6.20 Å². The molecule has 1 aliphatic rings. The number of anilines is 1. The highest BCUT2D eigenvalue weighted by Crippen LogP contribution is 2.38. The number of alkyl halides is 2. The molecule has 106 valence electrons. The monoisotopic (exact) mass is 273 g/mol. The molecule has 1 aromatic rings.